The van der Waals surface area contributed by atoms with Gasteiger partial charge in [-0.3, -0.25) is 0 Å². The Hall–Kier alpha value is 0.137. The van der Waals surface area contributed by atoms with Crippen LogP contribution in [0.1, 0.15) is 113 Å². The molecule has 0 bridgehead atoms. The van der Waals surface area contributed by atoms with Crippen LogP contribution < -0.4 is 0 Å². The van der Waals surface area contributed by atoms with Gasteiger partial charge in [0.2, 0.25) is 0 Å². The maximum absolute atomic E-state index is 9.46. The van der Waals surface area contributed by atoms with Crippen LogP contribution in [-0.2, 0) is 4.43 Å². The van der Waals surface area contributed by atoms with Crippen LogP contribution in [0.2, 0.25) is 18.1 Å². The van der Waals surface area contributed by atoms with E-state index in [0.717, 1.165) is 47.8 Å². The van der Waals surface area contributed by atoms with Gasteiger partial charge in [-0.2, -0.15) is 0 Å². The minimum absolute atomic E-state index is 0.276. The van der Waals surface area contributed by atoms with Crippen molar-refractivity contribution in [1.82, 2.24) is 0 Å². The molecule has 4 fully saturated rings. The third-order valence-electron chi connectivity index (χ3n) is 12.8. The van der Waals surface area contributed by atoms with Gasteiger partial charge in [0.1, 0.15) is 0 Å². The molecule has 4 aliphatic rings. The molecule has 4 saturated carbocycles. The summed E-state index contributed by atoms with van der Waals surface area (Å²) in [6.45, 7) is 23.0. The lowest BCUT2D eigenvalue weighted by Gasteiger charge is -2.64. The lowest BCUT2D eigenvalue weighted by molar-refractivity contribution is -0.165. The van der Waals surface area contributed by atoms with Gasteiger partial charge >= 0.3 is 0 Å². The molecule has 0 aliphatic heterocycles. The fourth-order valence-corrected chi connectivity index (χ4v) is 11.0. The molecule has 0 aromatic rings. The topological polar surface area (TPSA) is 29.5 Å². The van der Waals surface area contributed by atoms with Gasteiger partial charge in [0.05, 0.1) is 0 Å². The molecule has 3 unspecified atom stereocenters. The molecule has 4 rings (SSSR count). The Kier molecular flexibility index (Phi) is 7.56. The van der Waals surface area contributed by atoms with E-state index in [1.54, 1.807) is 0 Å². The first-order valence-electron chi connectivity index (χ1n) is 15.0. The summed E-state index contributed by atoms with van der Waals surface area (Å²) < 4.78 is 7.46. The molecule has 0 aromatic heterocycles. The van der Waals surface area contributed by atoms with Gasteiger partial charge in [-0.25, -0.2) is 0 Å². The molecule has 10 atom stereocenters. The molecule has 0 amide bonds. The Morgan fingerprint density at radius 3 is 2.26 bits per heavy atom. The average Bonchev–Trinajstić information content (AvgIpc) is 3.09. The van der Waals surface area contributed by atoms with Gasteiger partial charge in [0.15, 0.2) is 8.32 Å². The molecule has 1 N–H and O–H groups in total. The third kappa shape index (κ3) is 4.51. The lowest BCUT2D eigenvalue weighted by Crippen LogP contribution is -2.60. The van der Waals surface area contributed by atoms with Crippen molar-refractivity contribution < 1.29 is 9.53 Å². The Balaban J connectivity index is 1.67. The van der Waals surface area contributed by atoms with Gasteiger partial charge in [-0.15, -0.1) is 0 Å². The molecule has 0 saturated heterocycles. The summed E-state index contributed by atoms with van der Waals surface area (Å²) >= 11 is 0. The standard InChI is InChI=1S/C31H58O2Si/c1-21-14-16-30(6)23(19-21)20-27(33-34(8,9)29(3,4)5)28-25-13-12-24(22(2)11-10-18-32)31(25,7)17-15-26(28)30/h21-28,32H,10-20H2,1-9H3/t21-,22-,23+,24-,25?,26?,27+,28?,30+,31-/m1/s1. The molecular weight excluding hydrogens is 432 g/mol. The molecule has 4 aliphatic carbocycles. The summed E-state index contributed by atoms with van der Waals surface area (Å²) in [5, 5.41) is 9.74. The van der Waals surface area contributed by atoms with E-state index in [1.165, 1.54) is 57.8 Å². The molecule has 0 spiro atoms. The Labute approximate surface area is 213 Å². The fourth-order valence-electron chi connectivity index (χ4n) is 9.68. The second kappa shape index (κ2) is 9.46. The summed E-state index contributed by atoms with van der Waals surface area (Å²) in [4.78, 5) is 0. The number of hydrogen-bond donors (Lipinski definition) is 1. The average molecular weight is 491 g/mol. The zero-order valence-corrected chi connectivity index (χ0v) is 25.3. The Morgan fingerprint density at radius 2 is 1.62 bits per heavy atom. The van der Waals surface area contributed by atoms with Crippen LogP contribution in [-0.4, -0.2) is 26.1 Å². The van der Waals surface area contributed by atoms with Crippen LogP contribution in [0.25, 0.3) is 0 Å². The van der Waals surface area contributed by atoms with Crippen molar-refractivity contribution in [2.24, 2.45) is 52.3 Å². The van der Waals surface area contributed by atoms with Crippen LogP contribution in [0, 0.1) is 52.3 Å². The minimum atomic E-state index is -1.82. The SMILES string of the molecule is C[C@@H]1CC[C@]2(C)C3CC[C@@]4(C)C(CC[C@@H]4[C@H](C)CCCO)C3[C@@H](O[Si](C)(C)C(C)(C)C)C[C@@H]2C1. The predicted molar refractivity (Wildman–Crippen MR) is 147 cm³/mol. The minimum Gasteiger partial charge on any atom is -0.414 e. The van der Waals surface area contributed by atoms with E-state index >= 15 is 0 Å². The molecule has 2 nitrogen and oxygen atoms in total. The zero-order chi connectivity index (χ0) is 25.1. The van der Waals surface area contributed by atoms with Crippen molar-refractivity contribution in [2.75, 3.05) is 6.61 Å². The van der Waals surface area contributed by atoms with Gasteiger partial charge < -0.3 is 9.53 Å². The summed E-state index contributed by atoms with van der Waals surface area (Å²) in [5.74, 6) is 5.77. The summed E-state index contributed by atoms with van der Waals surface area (Å²) in [6.07, 6.45) is 14.0. The summed E-state index contributed by atoms with van der Waals surface area (Å²) in [7, 11) is -1.82. The van der Waals surface area contributed by atoms with Crippen LogP contribution in [0.4, 0.5) is 0 Å². The number of aliphatic hydroxyl groups excluding tert-OH is 1. The van der Waals surface area contributed by atoms with E-state index in [9.17, 15) is 5.11 Å². The second-order valence-corrected chi connectivity index (χ2v) is 20.4. The highest BCUT2D eigenvalue weighted by Crippen LogP contribution is 2.69. The van der Waals surface area contributed by atoms with Crippen molar-refractivity contribution >= 4 is 8.32 Å². The quantitative estimate of drug-likeness (QED) is 0.377. The highest BCUT2D eigenvalue weighted by Gasteiger charge is 2.63. The van der Waals surface area contributed by atoms with E-state index in [4.69, 9.17) is 4.43 Å². The Morgan fingerprint density at radius 1 is 0.971 bits per heavy atom. The molecule has 0 aromatic carbocycles. The number of fused-ring (bicyclic) bond motifs is 5. The molecule has 3 heteroatoms. The molecular formula is C31H58O2Si. The number of rotatable bonds is 6. The summed E-state index contributed by atoms with van der Waals surface area (Å²) in [6, 6.07) is 0. The van der Waals surface area contributed by atoms with E-state index in [-0.39, 0.29) is 5.04 Å². The van der Waals surface area contributed by atoms with E-state index in [1.807, 2.05) is 0 Å². The highest BCUT2D eigenvalue weighted by atomic mass is 28.4. The maximum Gasteiger partial charge on any atom is 0.192 e. The second-order valence-electron chi connectivity index (χ2n) is 15.6. The first kappa shape index (κ1) is 27.2. The third-order valence-corrected chi connectivity index (χ3v) is 17.3. The first-order chi connectivity index (χ1) is 15.7. The summed E-state index contributed by atoms with van der Waals surface area (Å²) in [5.41, 5.74) is 1.00. The van der Waals surface area contributed by atoms with Crippen molar-refractivity contribution in [2.45, 2.75) is 137 Å². The van der Waals surface area contributed by atoms with E-state index < -0.39 is 8.32 Å². The Bertz CT molecular complexity index is 713. The fraction of sp³-hybridized carbons (Fsp3) is 1.00. The maximum atomic E-state index is 9.46. The van der Waals surface area contributed by atoms with E-state index in [0.29, 0.717) is 23.5 Å². The van der Waals surface area contributed by atoms with Crippen molar-refractivity contribution in [1.29, 1.82) is 0 Å². The van der Waals surface area contributed by atoms with Crippen LogP contribution >= 0.6 is 0 Å². The monoisotopic (exact) mass is 490 g/mol. The van der Waals surface area contributed by atoms with Crippen molar-refractivity contribution in [3.05, 3.63) is 0 Å². The molecule has 198 valence electrons. The molecule has 0 heterocycles. The van der Waals surface area contributed by atoms with Crippen molar-refractivity contribution in [3.63, 3.8) is 0 Å². The normalized spacial score (nSPS) is 45.9. The van der Waals surface area contributed by atoms with Gasteiger partial charge in [-0.1, -0.05) is 54.9 Å². The van der Waals surface area contributed by atoms with Gasteiger partial charge in [0.25, 0.3) is 0 Å². The van der Waals surface area contributed by atoms with Crippen LogP contribution in [0.3, 0.4) is 0 Å². The predicted octanol–water partition coefficient (Wildman–Crippen LogP) is 8.69. The number of aliphatic hydroxyl groups is 1. The van der Waals surface area contributed by atoms with Gasteiger partial charge in [0, 0.05) is 12.7 Å². The number of hydrogen-bond acceptors (Lipinski definition) is 2. The molecule has 34 heavy (non-hydrogen) atoms. The largest absolute Gasteiger partial charge is 0.414 e. The van der Waals surface area contributed by atoms with Crippen LogP contribution in [0.15, 0.2) is 0 Å². The van der Waals surface area contributed by atoms with Crippen LogP contribution in [0.5, 0.6) is 0 Å². The van der Waals surface area contributed by atoms with Crippen molar-refractivity contribution in [3.8, 4) is 0 Å². The van der Waals surface area contributed by atoms with Gasteiger partial charge in [-0.05, 0) is 128 Å². The smallest absolute Gasteiger partial charge is 0.192 e. The lowest BCUT2D eigenvalue weighted by atomic mass is 9.43. The zero-order valence-electron chi connectivity index (χ0n) is 24.3. The highest BCUT2D eigenvalue weighted by molar-refractivity contribution is 6.74. The molecule has 0 radical (unpaired) electrons. The van der Waals surface area contributed by atoms with E-state index in [2.05, 4.69) is 61.6 Å². The first-order valence-corrected chi connectivity index (χ1v) is 17.9.